The normalized spacial score (nSPS) is 20.2. The van der Waals surface area contributed by atoms with Gasteiger partial charge in [-0.2, -0.15) is 0 Å². The first-order valence-corrected chi connectivity index (χ1v) is 12.1. The maximum absolute atomic E-state index is 13.4. The fourth-order valence-corrected chi connectivity index (χ4v) is 4.75. The van der Waals surface area contributed by atoms with E-state index in [1.807, 2.05) is 6.92 Å². The Labute approximate surface area is 214 Å². The van der Waals surface area contributed by atoms with Gasteiger partial charge in [-0.25, -0.2) is 4.79 Å². The molecule has 1 saturated heterocycles. The summed E-state index contributed by atoms with van der Waals surface area (Å²) in [5.74, 6) is -1.71. The van der Waals surface area contributed by atoms with Crippen molar-refractivity contribution in [2.24, 2.45) is 0 Å². The zero-order valence-corrected chi connectivity index (χ0v) is 20.7. The molecule has 8 heteroatoms. The number of carbonyl (C=O) groups is 3. The molecule has 5 rings (SSSR count). The summed E-state index contributed by atoms with van der Waals surface area (Å²) in [6.07, 6.45) is 3.49. The molecule has 2 atom stereocenters. The molecule has 1 aromatic heterocycles. The van der Waals surface area contributed by atoms with Crippen LogP contribution in [-0.2, 0) is 20.7 Å². The molecule has 37 heavy (non-hydrogen) atoms. The Morgan fingerprint density at radius 2 is 1.84 bits per heavy atom. The van der Waals surface area contributed by atoms with Crippen molar-refractivity contribution in [1.82, 2.24) is 4.98 Å². The number of Topliss-reactive ketones (excluding diaryl/α,β-unsaturated/α-hetero) is 1. The number of pyridine rings is 1. The number of anilines is 1. The highest BCUT2D eigenvalue weighted by Crippen LogP contribution is 2.43. The summed E-state index contributed by atoms with van der Waals surface area (Å²) in [4.78, 5) is 44.7. The summed E-state index contributed by atoms with van der Waals surface area (Å²) in [7, 11) is 0. The Balaban J connectivity index is 1.63. The number of ketones is 1. The second-order valence-corrected chi connectivity index (χ2v) is 9.41. The lowest BCUT2D eigenvalue weighted by Gasteiger charge is -2.25. The molecule has 2 aliphatic rings. The van der Waals surface area contributed by atoms with E-state index in [2.05, 4.69) is 4.98 Å². The van der Waals surface area contributed by atoms with E-state index in [9.17, 15) is 19.5 Å². The monoisotopic (exact) mass is 498 g/mol. The lowest BCUT2D eigenvalue weighted by atomic mass is 9.95. The summed E-state index contributed by atoms with van der Waals surface area (Å²) in [6, 6.07) is 14.0. The number of aliphatic hydroxyl groups is 1. The van der Waals surface area contributed by atoms with E-state index in [1.165, 1.54) is 11.0 Å². The molecule has 188 valence electrons. The number of hydrogen-bond donors (Lipinski definition) is 1. The second-order valence-electron chi connectivity index (χ2n) is 9.41. The topological polar surface area (TPSA) is 106 Å². The fraction of sp³-hybridized carbons (Fsp3) is 0.241. The van der Waals surface area contributed by atoms with Gasteiger partial charge in [-0.05, 0) is 80.4 Å². The van der Waals surface area contributed by atoms with Crippen LogP contribution in [0.2, 0.25) is 0 Å². The first kappa shape index (κ1) is 24.2. The quantitative estimate of drug-likeness (QED) is 0.237. The molecule has 1 amide bonds. The van der Waals surface area contributed by atoms with Gasteiger partial charge < -0.3 is 14.6 Å². The third-order valence-electron chi connectivity index (χ3n) is 6.34. The summed E-state index contributed by atoms with van der Waals surface area (Å²) < 4.78 is 11.1. The van der Waals surface area contributed by atoms with E-state index >= 15 is 0 Å². The highest BCUT2D eigenvalue weighted by Gasteiger charge is 2.47. The standard InChI is InChI=1S/C29H26N2O6/c1-16(2)36-29(35)20-5-4-6-22(15-20)31-25(18-9-11-30-12-10-18)24(27(33)28(31)34)26(32)19-7-8-23-21(14-19)13-17(3)37-23/h4-12,14-17,25,32H,13H2,1-3H3/b26-24-. The van der Waals surface area contributed by atoms with E-state index in [0.29, 0.717) is 23.2 Å². The lowest BCUT2D eigenvalue weighted by molar-refractivity contribution is -0.132. The Hall–Kier alpha value is -4.46. The van der Waals surface area contributed by atoms with Crippen molar-refractivity contribution in [3.05, 3.63) is 94.8 Å². The van der Waals surface area contributed by atoms with Crippen molar-refractivity contribution < 1.29 is 29.0 Å². The van der Waals surface area contributed by atoms with Gasteiger partial charge >= 0.3 is 5.97 Å². The molecule has 1 fully saturated rings. The predicted octanol–water partition coefficient (Wildman–Crippen LogP) is 4.60. The molecule has 8 nitrogen and oxygen atoms in total. The van der Waals surface area contributed by atoms with Gasteiger partial charge in [0.2, 0.25) is 0 Å². The lowest BCUT2D eigenvalue weighted by Crippen LogP contribution is -2.29. The number of rotatable bonds is 5. The van der Waals surface area contributed by atoms with Crippen molar-refractivity contribution >= 4 is 29.1 Å². The molecule has 2 aromatic carbocycles. The number of esters is 1. The number of aliphatic hydroxyl groups excluding tert-OH is 1. The number of amides is 1. The zero-order chi connectivity index (χ0) is 26.3. The van der Waals surface area contributed by atoms with Crippen LogP contribution >= 0.6 is 0 Å². The zero-order valence-electron chi connectivity index (χ0n) is 20.7. The average Bonchev–Trinajstić information content (AvgIpc) is 3.39. The molecule has 3 aromatic rings. The fourth-order valence-electron chi connectivity index (χ4n) is 4.75. The largest absolute Gasteiger partial charge is 0.507 e. The van der Waals surface area contributed by atoms with E-state index in [-0.39, 0.29) is 29.1 Å². The second kappa shape index (κ2) is 9.54. The Kier molecular flexibility index (Phi) is 6.25. The van der Waals surface area contributed by atoms with Gasteiger partial charge in [0, 0.05) is 30.1 Å². The Morgan fingerprint density at radius 1 is 1.08 bits per heavy atom. The van der Waals surface area contributed by atoms with Crippen LogP contribution in [0.4, 0.5) is 5.69 Å². The van der Waals surface area contributed by atoms with Gasteiger partial charge in [0.1, 0.15) is 17.6 Å². The van der Waals surface area contributed by atoms with E-state index in [1.54, 1.807) is 74.8 Å². The number of ether oxygens (including phenoxy) is 2. The van der Waals surface area contributed by atoms with E-state index < -0.39 is 23.7 Å². The summed E-state index contributed by atoms with van der Waals surface area (Å²) in [5.41, 5.74) is 2.46. The van der Waals surface area contributed by atoms with Crippen LogP contribution in [0.5, 0.6) is 5.75 Å². The molecule has 0 spiro atoms. The number of fused-ring (bicyclic) bond motifs is 1. The third-order valence-corrected chi connectivity index (χ3v) is 6.34. The first-order chi connectivity index (χ1) is 17.7. The minimum Gasteiger partial charge on any atom is -0.507 e. The van der Waals surface area contributed by atoms with Crippen molar-refractivity contribution in [2.45, 2.75) is 45.4 Å². The Bertz CT molecular complexity index is 1430. The van der Waals surface area contributed by atoms with Crippen molar-refractivity contribution in [3.8, 4) is 5.75 Å². The molecule has 0 saturated carbocycles. The number of hydrogen-bond acceptors (Lipinski definition) is 7. The van der Waals surface area contributed by atoms with Crippen LogP contribution in [0.25, 0.3) is 5.76 Å². The molecule has 3 heterocycles. The molecule has 2 aliphatic heterocycles. The van der Waals surface area contributed by atoms with E-state index in [4.69, 9.17) is 9.47 Å². The van der Waals surface area contributed by atoms with Crippen LogP contribution in [0.1, 0.15) is 53.9 Å². The van der Waals surface area contributed by atoms with Crippen LogP contribution in [-0.4, -0.2) is 40.0 Å². The third kappa shape index (κ3) is 4.46. The molecule has 1 N–H and O–H groups in total. The molecule has 0 bridgehead atoms. The molecule has 0 aliphatic carbocycles. The molecule has 2 unspecified atom stereocenters. The van der Waals surface area contributed by atoms with Gasteiger partial charge in [0.25, 0.3) is 11.7 Å². The minimum absolute atomic E-state index is 0.0180. The van der Waals surface area contributed by atoms with Crippen LogP contribution in [0, 0.1) is 0 Å². The van der Waals surface area contributed by atoms with Crippen LogP contribution in [0.15, 0.2) is 72.6 Å². The number of nitrogens with zero attached hydrogens (tertiary/aromatic N) is 2. The maximum atomic E-state index is 13.4. The van der Waals surface area contributed by atoms with E-state index in [0.717, 1.165) is 11.3 Å². The van der Waals surface area contributed by atoms with Crippen molar-refractivity contribution in [1.29, 1.82) is 0 Å². The van der Waals surface area contributed by atoms with Gasteiger partial charge in [-0.1, -0.05) is 6.07 Å². The van der Waals surface area contributed by atoms with Crippen molar-refractivity contribution in [2.75, 3.05) is 4.90 Å². The van der Waals surface area contributed by atoms with Crippen LogP contribution < -0.4 is 9.64 Å². The van der Waals surface area contributed by atoms with Crippen LogP contribution in [0.3, 0.4) is 0 Å². The van der Waals surface area contributed by atoms with Crippen molar-refractivity contribution in [3.63, 3.8) is 0 Å². The summed E-state index contributed by atoms with van der Waals surface area (Å²) >= 11 is 0. The summed E-state index contributed by atoms with van der Waals surface area (Å²) in [5, 5.41) is 11.4. The minimum atomic E-state index is -0.928. The summed E-state index contributed by atoms with van der Waals surface area (Å²) in [6.45, 7) is 5.45. The van der Waals surface area contributed by atoms with Gasteiger partial charge in [-0.3, -0.25) is 19.5 Å². The SMILES string of the molecule is CC(C)OC(=O)c1cccc(N2C(=O)C(=O)/C(=C(\O)c3ccc4c(c3)CC(C)O4)C2c2ccncc2)c1. The molecular formula is C29H26N2O6. The van der Waals surface area contributed by atoms with Gasteiger partial charge in [0.15, 0.2) is 0 Å². The molecular weight excluding hydrogens is 472 g/mol. The first-order valence-electron chi connectivity index (χ1n) is 12.1. The Morgan fingerprint density at radius 3 is 2.57 bits per heavy atom. The van der Waals surface area contributed by atoms with Gasteiger partial charge in [0.05, 0.1) is 23.3 Å². The predicted molar refractivity (Wildman–Crippen MR) is 136 cm³/mol. The number of benzene rings is 2. The van der Waals surface area contributed by atoms with Gasteiger partial charge in [-0.15, -0.1) is 0 Å². The highest BCUT2D eigenvalue weighted by atomic mass is 16.5. The maximum Gasteiger partial charge on any atom is 0.338 e. The smallest absolute Gasteiger partial charge is 0.338 e. The average molecular weight is 499 g/mol. The molecule has 0 radical (unpaired) electrons. The number of carbonyl (C=O) groups excluding carboxylic acids is 3. The highest BCUT2D eigenvalue weighted by molar-refractivity contribution is 6.51. The number of aromatic nitrogens is 1.